The number of hydrogen-bond donors (Lipinski definition) is 2. The minimum absolute atomic E-state index is 0.0237. The highest BCUT2D eigenvalue weighted by molar-refractivity contribution is 5.67. The highest BCUT2D eigenvalue weighted by atomic mass is 16.6. The molecule has 1 aromatic heterocycles. The number of rotatable bonds is 2. The predicted molar refractivity (Wildman–Crippen MR) is 62.6 cm³/mol. The van der Waals surface area contributed by atoms with Gasteiger partial charge in [0, 0.05) is 0 Å². The maximum atomic E-state index is 11.3. The number of H-pyrrole nitrogens is 1. The molecular weight excluding hydrogens is 236 g/mol. The Morgan fingerprint density at radius 3 is 2.78 bits per heavy atom. The molecule has 0 spiro atoms. The van der Waals surface area contributed by atoms with E-state index in [0.29, 0.717) is 0 Å². The first-order chi connectivity index (χ1) is 8.31. The molecule has 1 amide bonds. The number of amides is 1. The van der Waals surface area contributed by atoms with Crippen LogP contribution < -0.4 is 10.9 Å². The maximum absolute atomic E-state index is 11.3. The van der Waals surface area contributed by atoms with Crippen LogP contribution >= 0.6 is 0 Å². The fourth-order valence-corrected chi connectivity index (χ4v) is 1.07. The first-order valence-corrected chi connectivity index (χ1v) is 5.27. The lowest BCUT2D eigenvalue weighted by atomic mass is 10.2. The zero-order chi connectivity index (χ0) is 13.8. The molecule has 0 saturated carbocycles. The third kappa shape index (κ3) is 4.25. The number of carbonyl (C=O) groups excluding carboxylic acids is 1. The second-order valence-electron chi connectivity index (χ2n) is 4.54. The van der Waals surface area contributed by atoms with Gasteiger partial charge in [0.2, 0.25) is 0 Å². The number of nitrogens with zero attached hydrogens (tertiary/aromatic N) is 2. The van der Waals surface area contributed by atoms with Crippen LogP contribution in [0.25, 0.3) is 0 Å². The van der Waals surface area contributed by atoms with Crippen molar-refractivity contribution in [3.05, 3.63) is 27.9 Å². The molecule has 0 unspecified atom stereocenters. The molecule has 7 nitrogen and oxygen atoms in total. The Kier molecular flexibility index (Phi) is 4.05. The van der Waals surface area contributed by atoms with Gasteiger partial charge in [-0.1, -0.05) is 0 Å². The lowest BCUT2D eigenvalue weighted by molar-refractivity contribution is 0.0522. The molecule has 0 bridgehead atoms. The van der Waals surface area contributed by atoms with Gasteiger partial charge in [-0.3, -0.25) is 4.79 Å². The first kappa shape index (κ1) is 13.7. The SMILES string of the molecule is CC(C)(C)OC(=O)NCc1ncc(C#N)c(=O)[nH]1. The van der Waals surface area contributed by atoms with Crippen LogP contribution in [-0.2, 0) is 11.3 Å². The van der Waals surface area contributed by atoms with E-state index in [1.54, 1.807) is 26.8 Å². The van der Waals surface area contributed by atoms with Crippen molar-refractivity contribution < 1.29 is 9.53 Å². The van der Waals surface area contributed by atoms with Gasteiger partial charge in [-0.2, -0.15) is 5.26 Å². The number of aromatic nitrogens is 2. The molecule has 0 aromatic carbocycles. The summed E-state index contributed by atoms with van der Waals surface area (Å²) in [6.07, 6.45) is 0.555. The third-order valence-corrected chi connectivity index (χ3v) is 1.77. The molecule has 0 aliphatic rings. The summed E-state index contributed by atoms with van der Waals surface area (Å²) in [6.45, 7) is 5.26. The van der Waals surface area contributed by atoms with Crippen molar-refractivity contribution in [3.63, 3.8) is 0 Å². The summed E-state index contributed by atoms with van der Waals surface area (Å²) >= 11 is 0. The molecule has 0 saturated heterocycles. The van der Waals surface area contributed by atoms with Crippen LogP contribution in [0, 0.1) is 11.3 Å². The summed E-state index contributed by atoms with van der Waals surface area (Å²) in [4.78, 5) is 28.8. The quantitative estimate of drug-likeness (QED) is 0.801. The lowest BCUT2D eigenvalue weighted by Gasteiger charge is -2.19. The van der Waals surface area contributed by atoms with Gasteiger partial charge in [0.05, 0.1) is 12.7 Å². The Bertz CT molecular complexity index is 536. The molecule has 0 aliphatic carbocycles. The molecule has 0 atom stereocenters. The average molecular weight is 250 g/mol. The zero-order valence-corrected chi connectivity index (χ0v) is 10.4. The molecule has 0 radical (unpaired) electrons. The van der Waals surface area contributed by atoms with E-state index in [9.17, 15) is 9.59 Å². The molecule has 0 aliphatic heterocycles. The van der Waals surface area contributed by atoms with Gasteiger partial charge in [0.25, 0.3) is 5.56 Å². The molecular formula is C11H14N4O3. The van der Waals surface area contributed by atoms with Crippen LogP contribution in [-0.4, -0.2) is 21.7 Å². The molecule has 0 fully saturated rings. The number of nitrogens with one attached hydrogen (secondary N) is 2. The Labute approximate surface area is 104 Å². The van der Waals surface area contributed by atoms with Crippen LogP contribution in [0.5, 0.6) is 0 Å². The normalized spacial score (nSPS) is 10.6. The minimum Gasteiger partial charge on any atom is -0.444 e. The van der Waals surface area contributed by atoms with Crippen LogP contribution in [0.2, 0.25) is 0 Å². The van der Waals surface area contributed by atoms with Crippen molar-refractivity contribution in [1.82, 2.24) is 15.3 Å². The smallest absolute Gasteiger partial charge is 0.408 e. The number of nitriles is 1. The Balaban J connectivity index is 2.60. The summed E-state index contributed by atoms with van der Waals surface area (Å²) in [5, 5.41) is 11.0. The second kappa shape index (κ2) is 5.31. The lowest BCUT2D eigenvalue weighted by Crippen LogP contribution is -2.33. The Morgan fingerprint density at radius 2 is 2.28 bits per heavy atom. The minimum atomic E-state index is -0.602. The molecule has 1 heterocycles. The molecule has 1 rings (SSSR count). The van der Waals surface area contributed by atoms with Gasteiger partial charge >= 0.3 is 6.09 Å². The summed E-state index contributed by atoms with van der Waals surface area (Å²) in [6, 6.07) is 1.70. The fourth-order valence-electron chi connectivity index (χ4n) is 1.07. The summed E-state index contributed by atoms with van der Waals surface area (Å²) < 4.78 is 5.01. The summed E-state index contributed by atoms with van der Waals surface area (Å²) in [7, 11) is 0. The van der Waals surface area contributed by atoms with E-state index in [4.69, 9.17) is 10.00 Å². The van der Waals surface area contributed by atoms with Gasteiger partial charge in [-0.25, -0.2) is 9.78 Å². The number of alkyl carbamates (subject to hydrolysis) is 1. The monoisotopic (exact) mass is 250 g/mol. The second-order valence-corrected chi connectivity index (χ2v) is 4.54. The molecule has 2 N–H and O–H groups in total. The highest BCUT2D eigenvalue weighted by Crippen LogP contribution is 2.06. The topological polar surface area (TPSA) is 108 Å². The number of aromatic amines is 1. The largest absolute Gasteiger partial charge is 0.444 e. The standard InChI is InChI=1S/C11H14N4O3/c1-11(2,3)18-10(17)14-6-8-13-5-7(4-12)9(16)15-8/h5H,6H2,1-3H3,(H,14,17)(H,13,15,16). The van der Waals surface area contributed by atoms with Crippen molar-refractivity contribution in [2.45, 2.75) is 32.9 Å². The van der Waals surface area contributed by atoms with Gasteiger partial charge in [0.15, 0.2) is 0 Å². The van der Waals surface area contributed by atoms with Crippen LogP contribution in [0.3, 0.4) is 0 Å². The maximum Gasteiger partial charge on any atom is 0.408 e. The Morgan fingerprint density at radius 1 is 1.61 bits per heavy atom. The van der Waals surface area contributed by atoms with E-state index >= 15 is 0 Å². The van der Waals surface area contributed by atoms with Crippen LogP contribution in [0.4, 0.5) is 4.79 Å². The van der Waals surface area contributed by atoms with Gasteiger partial charge in [-0.05, 0) is 20.8 Å². The summed E-state index contributed by atoms with van der Waals surface area (Å²) in [5.41, 5.74) is -1.19. The van der Waals surface area contributed by atoms with E-state index in [2.05, 4.69) is 15.3 Å². The predicted octanol–water partition coefficient (Wildman–Crippen LogP) is 0.666. The highest BCUT2D eigenvalue weighted by Gasteiger charge is 2.15. The molecule has 18 heavy (non-hydrogen) atoms. The molecule has 1 aromatic rings. The van der Waals surface area contributed by atoms with Crippen molar-refractivity contribution in [2.24, 2.45) is 0 Å². The molecule has 96 valence electrons. The summed E-state index contributed by atoms with van der Waals surface area (Å²) in [5.74, 6) is 0.254. The van der Waals surface area contributed by atoms with E-state index < -0.39 is 17.3 Å². The number of carbonyl (C=O) groups is 1. The Hall–Kier alpha value is -2.36. The third-order valence-electron chi connectivity index (χ3n) is 1.77. The van der Waals surface area contributed by atoms with Crippen molar-refractivity contribution in [1.29, 1.82) is 5.26 Å². The van der Waals surface area contributed by atoms with Gasteiger partial charge in [-0.15, -0.1) is 0 Å². The number of hydrogen-bond acceptors (Lipinski definition) is 5. The van der Waals surface area contributed by atoms with Crippen molar-refractivity contribution in [3.8, 4) is 6.07 Å². The zero-order valence-electron chi connectivity index (χ0n) is 10.4. The van der Waals surface area contributed by atoms with Crippen molar-refractivity contribution in [2.75, 3.05) is 0 Å². The van der Waals surface area contributed by atoms with E-state index in [1.165, 1.54) is 0 Å². The van der Waals surface area contributed by atoms with Gasteiger partial charge < -0.3 is 15.0 Å². The average Bonchev–Trinajstić information content (AvgIpc) is 2.24. The number of ether oxygens (including phenoxy) is 1. The van der Waals surface area contributed by atoms with Gasteiger partial charge in [0.1, 0.15) is 23.1 Å². The first-order valence-electron chi connectivity index (χ1n) is 5.27. The van der Waals surface area contributed by atoms with Crippen molar-refractivity contribution >= 4 is 6.09 Å². The molecule has 7 heteroatoms. The van der Waals surface area contributed by atoms with Crippen LogP contribution in [0.15, 0.2) is 11.0 Å². The van der Waals surface area contributed by atoms with E-state index in [1.807, 2.05) is 0 Å². The van der Waals surface area contributed by atoms with E-state index in [-0.39, 0.29) is 17.9 Å². The fraction of sp³-hybridized carbons (Fsp3) is 0.455. The van der Waals surface area contributed by atoms with Crippen LogP contribution in [0.1, 0.15) is 32.2 Å². The van der Waals surface area contributed by atoms with E-state index in [0.717, 1.165) is 6.20 Å².